The summed E-state index contributed by atoms with van der Waals surface area (Å²) in [6.07, 6.45) is 0. The molecule has 40 heavy (non-hydrogen) atoms. The summed E-state index contributed by atoms with van der Waals surface area (Å²) < 4.78 is 12.4. The minimum Gasteiger partial charge on any atom is -0.465 e. The number of aryl methyl sites for hydroxylation is 1. The monoisotopic (exact) mass is 628 g/mol. The Balaban J connectivity index is 1.53. The number of thiocarbonyl (C=S) groups is 1. The molecule has 12 heteroatoms. The second kappa shape index (κ2) is 11.3. The Morgan fingerprint density at radius 1 is 1.02 bits per heavy atom. The number of para-hydroxylation sites is 1. The molecule has 0 spiro atoms. The fourth-order valence-corrected chi connectivity index (χ4v) is 9.43. The smallest absolute Gasteiger partial charge is 0.346 e. The fraction of sp³-hybridized carbons (Fsp3) is 0.250. The van der Waals surface area contributed by atoms with E-state index in [9.17, 15) is 14.4 Å². The lowest BCUT2D eigenvalue weighted by atomic mass is 9.83. The number of carbonyl (C=O) groups excluding carboxylic acids is 3. The molecule has 0 N–H and O–H groups in total. The molecule has 3 heterocycles. The van der Waals surface area contributed by atoms with Crippen molar-refractivity contribution in [1.82, 2.24) is 4.98 Å². The number of benzene rings is 2. The molecule has 5 rings (SSSR count). The predicted molar refractivity (Wildman–Crippen MR) is 169 cm³/mol. The van der Waals surface area contributed by atoms with Crippen LogP contribution in [0.4, 0.5) is 5.69 Å². The number of ether oxygens (including phenoxy) is 2. The van der Waals surface area contributed by atoms with Crippen molar-refractivity contribution in [2.75, 3.05) is 24.9 Å². The van der Waals surface area contributed by atoms with Crippen molar-refractivity contribution in [1.29, 1.82) is 0 Å². The number of anilines is 1. The zero-order valence-corrected chi connectivity index (χ0v) is 26.3. The van der Waals surface area contributed by atoms with E-state index in [1.807, 2.05) is 63.2 Å². The van der Waals surface area contributed by atoms with Crippen LogP contribution in [0.1, 0.15) is 25.0 Å². The summed E-state index contributed by atoms with van der Waals surface area (Å²) in [6, 6.07) is 13.8. The van der Waals surface area contributed by atoms with Gasteiger partial charge in [0.15, 0.2) is 4.34 Å². The highest BCUT2D eigenvalue weighted by molar-refractivity contribution is 8.29. The van der Waals surface area contributed by atoms with E-state index in [2.05, 4.69) is 4.98 Å². The van der Waals surface area contributed by atoms with Crippen molar-refractivity contribution in [3.05, 3.63) is 67.6 Å². The van der Waals surface area contributed by atoms with Gasteiger partial charge in [-0.1, -0.05) is 71.3 Å². The first-order chi connectivity index (χ1) is 19.1. The second-order valence-electron chi connectivity index (χ2n) is 9.38. The van der Waals surface area contributed by atoms with E-state index in [4.69, 9.17) is 21.7 Å². The van der Waals surface area contributed by atoms with Crippen molar-refractivity contribution in [3.63, 3.8) is 0 Å². The van der Waals surface area contributed by atoms with E-state index in [0.717, 1.165) is 54.8 Å². The lowest BCUT2D eigenvalue weighted by molar-refractivity contribution is -0.138. The van der Waals surface area contributed by atoms with Gasteiger partial charge in [-0.3, -0.25) is 4.79 Å². The summed E-state index contributed by atoms with van der Waals surface area (Å²) in [5, 5.41) is 0. The molecule has 0 fully saturated rings. The standard InChI is InChI=1S/C28H24N2O5S5/c1-14-10-11-17-15(12-14)20(26-39-21(24(32)34-4)22(40-26)25(33)35-5)23(36)28(2,3)30(17)19(31)13-37-27-29-16-8-6-7-9-18(16)38-27/h6-12H,13H2,1-5H3. The molecule has 2 aliphatic rings. The molecule has 206 valence electrons. The maximum absolute atomic E-state index is 13.8. The number of carbonyl (C=O) groups is 3. The lowest BCUT2D eigenvalue weighted by Crippen LogP contribution is -2.56. The SMILES string of the molecule is COC(=O)C1=C(C(=O)OC)SC(=C2C(=S)C(C)(C)N(C(=O)CSc3nc4ccccc4s3)c3ccc(C)cc32)S1. The van der Waals surface area contributed by atoms with Crippen LogP contribution in [-0.2, 0) is 23.9 Å². The number of thiazole rings is 1. The van der Waals surface area contributed by atoms with Gasteiger partial charge in [0.05, 0.1) is 50.5 Å². The topological polar surface area (TPSA) is 85.8 Å². The molecule has 0 saturated carbocycles. The van der Waals surface area contributed by atoms with Crippen molar-refractivity contribution in [2.24, 2.45) is 0 Å². The van der Waals surface area contributed by atoms with Crippen LogP contribution >= 0.6 is 58.8 Å². The quantitative estimate of drug-likeness (QED) is 0.133. The molecule has 7 nitrogen and oxygen atoms in total. The van der Waals surface area contributed by atoms with Gasteiger partial charge in [-0.05, 0) is 45.0 Å². The Morgan fingerprint density at radius 3 is 2.30 bits per heavy atom. The minimum absolute atomic E-state index is 0.0962. The number of esters is 2. The third-order valence-electron chi connectivity index (χ3n) is 6.39. The number of rotatable bonds is 5. The fourth-order valence-electron chi connectivity index (χ4n) is 4.48. The normalized spacial score (nSPS) is 16.4. The molecule has 0 saturated heterocycles. The molecule has 1 amide bonds. The summed E-state index contributed by atoms with van der Waals surface area (Å²) in [4.78, 5) is 46.2. The van der Waals surface area contributed by atoms with Crippen LogP contribution in [0.25, 0.3) is 15.8 Å². The molecular formula is C28H24N2O5S5. The van der Waals surface area contributed by atoms with Crippen molar-refractivity contribution >= 4 is 103 Å². The molecule has 2 aliphatic heterocycles. The minimum atomic E-state index is -0.869. The number of hydrogen-bond donors (Lipinski definition) is 0. The van der Waals surface area contributed by atoms with E-state index in [1.54, 1.807) is 16.2 Å². The summed E-state index contributed by atoms with van der Waals surface area (Å²) >= 11 is 11.3. The number of amides is 1. The average Bonchev–Trinajstić information content (AvgIpc) is 3.56. The van der Waals surface area contributed by atoms with Crippen LogP contribution in [0.3, 0.4) is 0 Å². The predicted octanol–water partition coefficient (Wildman–Crippen LogP) is 6.60. The Bertz CT molecular complexity index is 1590. The summed E-state index contributed by atoms with van der Waals surface area (Å²) in [5.74, 6) is -1.15. The Kier molecular flexibility index (Phi) is 8.17. The molecule has 0 aliphatic carbocycles. The van der Waals surface area contributed by atoms with E-state index < -0.39 is 17.5 Å². The van der Waals surface area contributed by atoms with Gasteiger partial charge in [-0.15, -0.1) is 11.3 Å². The van der Waals surface area contributed by atoms with Crippen molar-refractivity contribution in [3.8, 4) is 0 Å². The van der Waals surface area contributed by atoms with Gasteiger partial charge in [0, 0.05) is 11.1 Å². The molecular weight excluding hydrogens is 605 g/mol. The van der Waals surface area contributed by atoms with E-state index in [0.29, 0.717) is 14.8 Å². The van der Waals surface area contributed by atoms with Gasteiger partial charge < -0.3 is 14.4 Å². The zero-order chi connectivity index (χ0) is 28.8. The van der Waals surface area contributed by atoms with E-state index in [1.165, 1.54) is 26.0 Å². The van der Waals surface area contributed by atoms with Crippen LogP contribution in [0.15, 0.2) is 60.9 Å². The molecule has 0 atom stereocenters. The number of aromatic nitrogens is 1. The van der Waals surface area contributed by atoms with Crippen molar-refractivity contribution in [2.45, 2.75) is 30.6 Å². The lowest BCUT2D eigenvalue weighted by Gasteiger charge is -2.45. The Labute approximate surface area is 253 Å². The number of hydrogen-bond acceptors (Lipinski definition) is 11. The third-order valence-corrected chi connectivity index (χ3v) is 11.8. The first-order valence-electron chi connectivity index (χ1n) is 12.0. The van der Waals surface area contributed by atoms with Gasteiger partial charge in [-0.2, -0.15) is 0 Å². The third kappa shape index (κ3) is 5.11. The van der Waals surface area contributed by atoms with Gasteiger partial charge in [-0.25, -0.2) is 14.6 Å². The molecule has 0 bridgehead atoms. The molecule has 0 radical (unpaired) electrons. The van der Waals surface area contributed by atoms with E-state index >= 15 is 0 Å². The highest BCUT2D eigenvalue weighted by Gasteiger charge is 2.46. The van der Waals surface area contributed by atoms with Gasteiger partial charge >= 0.3 is 11.9 Å². The molecule has 1 aromatic heterocycles. The zero-order valence-electron chi connectivity index (χ0n) is 22.2. The number of thioether (sulfide) groups is 3. The summed E-state index contributed by atoms with van der Waals surface area (Å²) in [5.41, 5.74) is 3.24. The first kappa shape index (κ1) is 28.9. The number of nitrogens with zero attached hydrogens (tertiary/aromatic N) is 2. The van der Waals surface area contributed by atoms with E-state index in [-0.39, 0.29) is 21.5 Å². The Morgan fingerprint density at radius 2 is 1.68 bits per heavy atom. The Hall–Kier alpha value is -2.64. The average molecular weight is 629 g/mol. The number of fused-ring (bicyclic) bond motifs is 2. The van der Waals surface area contributed by atoms with Crippen LogP contribution in [0.2, 0.25) is 0 Å². The molecule has 2 aromatic carbocycles. The van der Waals surface area contributed by atoms with Crippen LogP contribution in [0, 0.1) is 6.92 Å². The number of methoxy groups -OCH3 is 2. The maximum atomic E-state index is 13.8. The highest BCUT2D eigenvalue weighted by Crippen LogP contribution is 2.56. The molecule has 3 aromatic rings. The van der Waals surface area contributed by atoms with Crippen LogP contribution in [0.5, 0.6) is 0 Å². The highest BCUT2D eigenvalue weighted by atomic mass is 32.2. The first-order valence-corrected chi connectivity index (χ1v) is 15.9. The summed E-state index contributed by atoms with van der Waals surface area (Å²) in [7, 11) is 2.53. The second-order valence-corrected chi connectivity index (χ2v) is 14.3. The van der Waals surface area contributed by atoms with Gasteiger partial charge in [0.2, 0.25) is 5.91 Å². The van der Waals surface area contributed by atoms with Crippen molar-refractivity contribution < 1.29 is 23.9 Å². The largest absolute Gasteiger partial charge is 0.465 e. The molecule has 0 unspecified atom stereocenters. The summed E-state index contributed by atoms with van der Waals surface area (Å²) in [6.45, 7) is 5.80. The van der Waals surface area contributed by atoms with Crippen LogP contribution in [-0.4, -0.2) is 53.2 Å². The van der Waals surface area contributed by atoms with Gasteiger partial charge in [0.25, 0.3) is 0 Å². The maximum Gasteiger partial charge on any atom is 0.346 e. The van der Waals surface area contributed by atoms with Gasteiger partial charge in [0.1, 0.15) is 9.81 Å². The van der Waals surface area contributed by atoms with Crippen LogP contribution < -0.4 is 4.90 Å².